The van der Waals surface area contributed by atoms with Gasteiger partial charge in [0.15, 0.2) is 5.78 Å². The van der Waals surface area contributed by atoms with E-state index in [-0.39, 0.29) is 29.7 Å². The smallest absolute Gasteiger partial charge is 0.243 e. The SMILES string of the molecule is O=C1CN(S(=O)(=O)c2ccc(-c3ccc(C(=O)c4ccc(-n5ccnc5)nc4)cc3)cc2)CCN1. The normalized spacial score (nSPS) is 14.5. The van der Waals surface area contributed by atoms with E-state index in [1.165, 1.54) is 22.6 Å². The van der Waals surface area contributed by atoms with Crippen LogP contribution in [0.25, 0.3) is 16.9 Å². The van der Waals surface area contributed by atoms with Crippen molar-refractivity contribution in [1.29, 1.82) is 0 Å². The number of imidazole rings is 1. The van der Waals surface area contributed by atoms with Gasteiger partial charge in [0.25, 0.3) is 0 Å². The Bertz CT molecular complexity index is 1460. The molecule has 1 saturated heterocycles. The van der Waals surface area contributed by atoms with Gasteiger partial charge in [0.2, 0.25) is 15.9 Å². The van der Waals surface area contributed by atoms with Crippen LogP contribution in [-0.4, -0.2) is 58.6 Å². The summed E-state index contributed by atoms with van der Waals surface area (Å²) < 4.78 is 28.6. The van der Waals surface area contributed by atoms with Crippen LogP contribution in [0, 0.1) is 0 Å². The zero-order chi connectivity index (χ0) is 24.4. The number of sulfonamides is 1. The van der Waals surface area contributed by atoms with Crippen molar-refractivity contribution >= 4 is 21.7 Å². The molecule has 1 amide bonds. The van der Waals surface area contributed by atoms with Crippen molar-refractivity contribution in [3.05, 3.63) is 96.7 Å². The molecule has 2 aromatic carbocycles. The molecule has 0 aliphatic carbocycles. The zero-order valence-corrected chi connectivity index (χ0v) is 19.4. The number of nitrogens with zero attached hydrogens (tertiary/aromatic N) is 4. The van der Waals surface area contributed by atoms with Crippen LogP contribution in [0.5, 0.6) is 0 Å². The largest absolute Gasteiger partial charge is 0.354 e. The number of amides is 1. The van der Waals surface area contributed by atoms with Gasteiger partial charge in [0.05, 0.1) is 11.4 Å². The van der Waals surface area contributed by atoms with Gasteiger partial charge in [-0.1, -0.05) is 36.4 Å². The van der Waals surface area contributed by atoms with Crippen LogP contribution in [-0.2, 0) is 14.8 Å². The Kier molecular flexibility index (Phi) is 5.98. The second-order valence-corrected chi connectivity index (χ2v) is 9.93. The molecule has 10 heteroatoms. The fraction of sp³-hybridized carbons (Fsp3) is 0.120. The monoisotopic (exact) mass is 487 g/mol. The molecule has 1 fully saturated rings. The van der Waals surface area contributed by atoms with E-state index in [0.29, 0.717) is 23.5 Å². The Morgan fingerprint density at radius 1 is 0.914 bits per heavy atom. The summed E-state index contributed by atoms with van der Waals surface area (Å²) in [6, 6.07) is 17.1. The van der Waals surface area contributed by atoms with E-state index in [4.69, 9.17) is 0 Å². The van der Waals surface area contributed by atoms with E-state index in [0.717, 1.165) is 11.1 Å². The summed E-state index contributed by atoms with van der Waals surface area (Å²) >= 11 is 0. The number of ketones is 1. The van der Waals surface area contributed by atoms with Crippen molar-refractivity contribution < 1.29 is 18.0 Å². The number of hydrogen-bond donors (Lipinski definition) is 1. The number of pyridine rings is 1. The van der Waals surface area contributed by atoms with Gasteiger partial charge in [0, 0.05) is 42.8 Å². The summed E-state index contributed by atoms with van der Waals surface area (Å²) in [4.78, 5) is 32.9. The third kappa shape index (κ3) is 4.61. The van der Waals surface area contributed by atoms with Crippen LogP contribution in [0.1, 0.15) is 15.9 Å². The number of hydrogen-bond acceptors (Lipinski definition) is 6. The Hall–Kier alpha value is -4.15. The molecule has 0 saturated carbocycles. The van der Waals surface area contributed by atoms with Crippen LogP contribution in [0.2, 0.25) is 0 Å². The van der Waals surface area contributed by atoms with Crippen molar-refractivity contribution in [3.63, 3.8) is 0 Å². The number of aromatic nitrogens is 3. The number of piperazine rings is 1. The van der Waals surface area contributed by atoms with E-state index >= 15 is 0 Å². The van der Waals surface area contributed by atoms with Crippen LogP contribution < -0.4 is 5.32 Å². The highest BCUT2D eigenvalue weighted by atomic mass is 32.2. The summed E-state index contributed by atoms with van der Waals surface area (Å²) in [5, 5.41) is 2.62. The lowest BCUT2D eigenvalue weighted by Gasteiger charge is -2.25. The first kappa shape index (κ1) is 22.6. The lowest BCUT2D eigenvalue weighted by Crippen LogP contribution is -2.49. The van der Waals surface area contributed by atoms with Gasteiger partial charge in [-0.25, -0.2) is 18.4 Å². The van der Waals surface area contributed by atoms with Crippen LogP contribution in [0.3, 0.4) is 0 Å². The first-order valence-corrected chi connectivity index (χ1v) is 12.3. The maximum Gasteiger partial charge on any atom is 0.243 e. The molecule has 0 radical (unpaired) electrons. The lowest BCUT2D eigenvalue weighted by molar-refractivity contribution is -0.122. The highest BCUT2D eigenvalue weighted by molar-refractivity contribution is 7.89. The zero-order valence-electron chi connectivity index (χ0n) is 18.5. The molecule has 35 heavy (non-hydrogen) atoms. The molecule has 5 rings (SSSR count). The lowest BCUT2D eigenvalue weighted by atomic mass is 10.0. The van der Waals surface area contributed by atoms with Gasteiger partial charge < -0.3 is 5.32 Å². The Morgan fingerprint density at radius 3 is 2.20 bits per heavy atom. The molecule has 4 aromatic rings. The van der Waals surface area contributed by atoms with E-state index < -0.39 is 10.0 Å². The standard InChI is InChI=1S/C25H21N5O4S/c31-24-16-30(14-12-27-24)35(33,34)22-8-5-19(6-9-22)18-1-3-20(4-2-18)25(32)21-7-10-23(28-15-21)29-13-11-26-17-29/h1-11,13,15,17H,12,14,16H2,(H,27,31). The average molecular weight is 488 g/mol. The Labute approximate surface area is 202 Å². The quantitative estimate of drug-likeness (QED) is 0.418. The van der Waals surface area contributed by atoms with Crippen molar-refractivity contribution in [2.75, 3.05) is 19.6 Å². The van der Waals surface area contributed by atoms with Gasteiger partial charge in [-0.2, -0.15) is 4.31 Å². The molecular weight excluding hydrogens is 466 g/mol. The third-order valence-corrected chi connectivity index (χ3v) is 7.61. The molecule has 1 aliphatic rings. The number of benzene rings is 2. The minimum atomic E-state index is -3.74. The van der Waals surface area contributed by atoms with E-state index in [1.807, 2.05) is 12.1 Å². The minimum absolute atomic E-state index is 0.134. The number of rotatable bonds is 6. The van der Waals surface area contributed by atoms with Gasteiger partial charge in [-0.05, 0) is 35.4 Å². The molecule has 2 aromatic heterocycles. The molecule has 0 bridgehead atoms. The van der Waals surface area contributed by atoms with Gasteiger partial charge in [-0.3, -0.25) is 14.2 Å². The predicted molar refractivity (Wildman–Crippen MR) is 128 cm³/mol. The molecule has 1 aliphatic heterocycles. The van der Waals surface area contributed by atoms with Crippen LogP contribution in [0.4, 0.5) is 0 Å². The van der Waals surface area contributed by atoms with Crippen molar-refractivity contribution in [2.45, 2.75) is 4.90 Å². The van der Waals surface area contributed by atoms with E-state index in [2.05, 4.69) is 15.3 Å². The fourth-order valence-electron chi connectivity index (χ4n) is 3.84. The number of carbonyl (C=O) groups is 2. The number of nitrogens with one attached hydrogen (secondary N) is 1. The highest BCUT2D eigenvalue weighted by Gasteiger charge is 2.29. The molecule has 0 atom stereocenters. The summed E-state index contributed by atoms with van der Waals surface area (Å²) in [6.07, 6.45) is 6.60. The summed E-state index contributed by atoms with van der Waals surface area (Å²) in [5.41, 5.74) is 2.65. The highest BCUT2D eigenvalue weighted by Crippen LogP contribution is 2.24. The second-order valence-electron chi connectivity index (χ2n) is 7.99. The maximum atomic E-state index is 12.9. The third-order valence-electron chi connectivity index (χ3n) is 5.75. The van der Waals surface area contributed by atoms with Crippen LogP contribution >= 0.6 is 0 Å². The van der Waals surface area contributed by atoms with Crippen molar-refractivity contribution in [3.8, 4) is 16.9 Å². The second kappa shape index (κ2) is 9.24. The first-order valence-electron chi connectivity index (χ1n) is 10.9. The van der Waals surface area contributed by atoms with Gasteiger partial charge in [0.1, 0.15) is 12.1 Å². The molecule has 3 heterocycles. The Morgan fingerprint density at radius 2 is 1.60 bits per heavy atom. The van der Waals surface area contributed by atoms with Crippen molar-refractivity contribution in [2.24, 2.45) is 0 Å². The summed E-state index contributed by atoms with van der Waals surface area (Å²) in [6.45, 7) is 0.362. The van der Waals surface area contributed by atoms with E-state index in [1.54, 1.807) is 59.7 Å². The molecule has 176 valence electrons. The number of carbonyl (C=O) groups excluding carboxylic acids is 2. The molecule has 1 N–H and O–H groups in total. The molecule has 0 unspecified atom stereocenters. The summed E-state index contributed by atoms with van der Waals surface area (Å²) in [7, 11) is -3.74. The molecular formula is C25H21N5O4S. The maximum absolute atomic E-state index is 12.9. The summed E-state index contributed by atoms with van der Waals surface area (Å²) in [5.74, 6) is 0.215. The van der Waals surface area contributed by atoms with Gasteiger partial charge in [-0.15, -0.1) is 0 Å². The van der Waals surface area contributed by atoms with Crippen molar-refractivity contribution in [1.82, 2.24) is 24.2 Å². The first-order chi connectivity index (χ1) is 16.9. The fourth-order valence-corrected chi connectivity index (χ4v) is 5.23. The Balaban J connectivity index is 1.30. The van der Waals surface area contributed by atoms with Gasteiger partial charge >= 0.3 is 0 Å². The molecule has 0 spiro atoms. The van der Waals surface area contributed by atoms with Crippen LogP contribution in [0.15, 0.2) is 90.5 Å². The van der Waals surface area contributed by atoms with E-state index in [9.17, 15) is 18.0 Å². The topological polar surface area (TPSA) is 114 Å². The predicted octanol–water partition coefficient (Wildman–Crippen LogP) is 2.29. The minimum Gasteiger partial charge on any atom is -0.354 e. The average Bonchev–Trinajstić information content (AvgIpc) is 3.44. The molecule has 9 nitrogen and oxygen atoms in total.